The summed E-state index contributed by atoms with van der Waals surface area (Å²) in [6.45, 7) is 2.28. The van der Waals surface area contributed by atoms with Crippen molar-refractivity contribution in [2.75, 3.05) is 17.3 Å². The number of aromatic nitrogens is 2. The molecular formula is C18H19N5O4. The number of carbonyl (C=O) groups is 2. The lowest BCUT2D eigenvalue weighted by atomic mass is 9.83. The number of nitrogens with one attached hydrogen (secondary N) is 3. The molecule has 2 aliphatic heterocycles. The highest BCUT2D eigenvalue weighted by Gasteiger charge is 2.57. The molecule has 1 aromatic carbocycles. The summed E-state index contributed by atoms with van der Waals surface area (Å²) in [5.74, 6) is -0.384. The van der Waals surface area contributed by atoms with Crippen molar-refractivity contribution in [2.24, 2.45) is 0 Å². The second kappa shape index (κ2) is 5.83. The van der Waals surface area contributed by atoms with Crippen LogP contribution in [0.1, 0.15) is 30.9 Å². The summed E-state index contributed by atoms with van der Waals surface area (Å²) < 4.78 is 1.31. The third-order valence-corrected chi connectivity index (χ3v) is 5.14. The number of para-hydroxylation sites is 1. The maximum absolute atomic E-state index is 13.3. The maximum Gasteiger partial charge on any atom is 0.329 e. The Morgan fingerprint density at radius 2 is 1.85 bits per heavy atom. The van der Waals surface area contributed by atoms with Gasteiger partial charge in [0.05, 0.1) is 5.56 Å². The van der Waals surface area contributed by atoms with E-state index in [1.165, 1.54) is 9.47 Å². The molecule has 140 valence electrons. The van der Waals surface area contributed by atoms with Crippen LogP contribution in [0.5, 0.6) is 0 Å². The topological polar surface area (TPSA) is 116 Å². The maximum atomic E-state index is 13.3. The van der Waals surface area contributed by atoms with Crippen molar-refractivity contribution in [1.82, 2.24) is 14.9 Å². The van der Waals surface area contributed by atoms with Gasteiger partial charge in [0, 0.05) is 24.8 Å². The van der Waals surface area contributed by atoms with E-state index in [1.807, 2.05) is 6.92 Å². The summed E-state index contributed by atoms with van der Waals surface area (Å²) in [6.07, 6.45) is 1.50. The summed E-state index contributed by atoms with van der Waals surface area (Å²) in [7, 11) is 1.59. The molecule has 0 radical (unpaired) electrons. The van der Waals surface area contributed by atoms with E-state index in [-0.39, 0.29) is 11.4 Å². The van der Waals surface area contributed by atoms with Crippen LogP contribution in [-0.2, 0) is 16.9 Å². The standard InChI is InChI=1S/C18H19N5O4/c1-3-4-9-23-13-12(14(24)20-17(23)27)18(21-16(26)19-13)10-7-5-6-8-11(10)22(2)15(18)25/h5-8H,3-4,9H2,1-2H3,(H2,19,21,26)(H,20,24,27). The Hall–Kier alpha value is -3.36. The number of likely N-dealkylation sites (N-methyl/N-ethyl adjacent to an activating group) is 1. The van der Waals surface area contributed by atoms with Crippen LogP contribution in [0.25, 0.3) is 0 Å². The van der Waals surface area contributed by atoms with Gasteiger partial charge in [0.2, 0.25) is 0 Å². The van der Waals surface area contributed by atoms with Gasteiger partial charge >= 0.3 is 11.7 Å². The molecule has 0 fully saturated rings. The fraction of sp³-hybridized carbons (Fsp3) is 0.333. The molecule has 0 saturated heterocycles. The van der Waals surface area contributed by atoms with Crippen molar-refractivity contribution >= 4 is 23.4 Å². The first-order chi connectivity index (χ1) is 12.9. The molecule has 0 aliphatic carbocycles. The molecule has 4 rings (SSSR count). The lowest BCUT2D eigenvalue weighted by Crippen LogP contribution is -2.61. The molecule has 3 heterocycles. The normalized spacial score (nSPS) is 20.3. The fourth-order valence-electron chi connectivity index (χ4n) is 3.87. The first kappa shape index (κ1) is 17.1. The monoisotopic (exact) mass is 369 g/mol. The van der Waals surface area contributed by atoms with Crippen LogP contribution >= 0.6 is 0 Å². The van der Waals surface area contributed by atoms with Gasteiger partial charge in [0.15, 0.2) is 5.54 Å². The Kier molecular flexibility index (Phi) is 3.69. The van der Waals surface area contributed by atoms with E-state index < -0.39 is 28.7 Å². The van der Waals surface area contributed by atoms with E-state index in [4.69, 9.17) is 0 Å². The average molecular weight is 369 g/mol. The summed E-state index contributed by atoms with van der Waals surface area (Å²) in [4.78, 5) is 54.6. The molecule has 0 bridgehead atoms. The van der Waals surface area contributed by atoms with E-state index in [9.17, 15) is 19.2 Å². The number of aromatic amines is 1. The number of rotatable bonds is 3. The second-order valence-electron chi connectivity index (χ2n) is 6.70. The van der Waals surface area contributed by atoms with Gasteiger partial charge in [-0.25, -0.2) is 9.59 Å². The lowest BCUT2D eigenvalue weighted by Gasteiger charge is -2.35. The van der Waals surface area contributed by atoms with Crippen molar-refractivity contribution in [2.45, 2.75) is 31.8 Å². The number of carbonyl (C=O) groups excluding carboxylic acids is 2. The number of amides is 3. The number of fused-ring (bicyclic) bond motifs is 4. The first-order valence-electron chi connectivity index (χ1n) is 8.76. The molecular weight excluding hydrogens is 350 g/mol. The highest BCUT2D eigenvalue weighted by Crippen LogP contribution is 2.45. The molecule has 27 heavy (non-hydrogen) atoms. The zero-order chi connectivity index (χ0) is 19.3. The number of nitrogens with zero attached hydrogens (tertiary/aromatic N) is 2. The zero-order valence-electron chi connectivity index (χ0n) is 15.0. The Morgan fingerprint density at radius 1 is 1.11 bits per heavy atom. The van der Waals surface area contributed by atoms with E-state index in [0.29, 0.717) is 24.2 Å². The molecule has 1 spiro atoms. The number of hydrogen-bond acceptors (Lipinski definition) is 4. The van der Waals surface area contributed by atoms with Crippen LogP contribution in [0.4, 0.5) is 16.3 Å². The van der Waals surface area contributed by atoms with Gasteiger partial charge in [-0.05, 0) is 12.5 Å². The van der Waals surface area contributed by atoms with Crippen LogP contribution < -0.4 is 26.8 Å². The van der Waals surface area contributed by atoms with Gasteiger partial charge in [0.25, 0.3) is 11.5 Å². The third-order valence-electron chi connectivity index (χ3n) is 5.14. The van der Waals surface area contributed by atoms with Gasteiger partial charge in [-0.3, -0.25) is 24.5 Å². The Balaban J connectivity index is 2.09. The molecule has 0 saturated carbocycles. The molecule has 9 heteroatoms. The van der Waals surface area contributed by atoms with Gasteiger partial charge in [-0.1, -0.05) is 31.5 Å². The minimum Gasteiger partial charge on any atom is -0.315 e. The summed E-state index contributed by atoms with van der Waals surface area (Å²) in [6, 6.07) is 6.32. The van der Waals surface area contributed by atoms with E-state index in [2.05, 4.69) is 15.6 Å². The fourth-order valence-corrected chi connectivity index (χ4v) is 3.87. The zero-order valence-corrected chi connectivity index (χ0v) is 15.0. The number of H-pyrrole nitrogens is 1. The molecule has 1 unspecified atom stereocenters. The SMILES string of the molecule is CCCCn1c2c(c(=O)[nH]c1=O)C1(NC(=O)N2)C(=O)N(C)c2ccccc21. The third kappa shape index (κ3) is 2.17. The average Bonchev–Trinajstić information content (AvgIpc) is 2.84. The minimum absolute atomic E-state index is 0.0274. The largest absolute Gasteiger partial charge is 0.329 e. The van der Waals surface area contributed by atoms with Crippen LogP contribution in [0.2, 0.25) is 0 Å². The first-order valence-corrected chi connectivity index (χ1v) is 8.76. The molecule has 2 aliphatic rings. The number of benzene rings is 1. The summed E-state index contributed by atoms with van der Waals surface area (Å²) in [5, 5.41) is 5.21. The van der Waals surface area contributed by atoms with Crippen LogP contribution in [0.15, 0.2) is 33.9 Å². The quantitative estimate of drug-likeness (QED) is 0.738. The number of unbranched alkanes of at least 4 members (excludes halogenated alkanes) is 1. The molecule has 1 aromatic heterocycles. The highest BCUT2D eigenvalue weighted by molar-refractivity contribution is 6.14. The predicted molar refractivity (Wildman–Crippen MR) is 99.0 cm³/mol. The van der Waals surface area contributed by atoms with Crippen LogP contribution in [-0.4, -0.2) is 28.5 Å². The Labute approximate surface area is 154 Å². The van der Waals surface area contributed by atoms with E-state index in [1.54, 1.807) is 31.3 Å². The van der Waals surface area contributed by atoms with Gasteiger partial charge in [-0.15, -0.1) is 0 Å². The number of anilines is 2. The molecule has 9 nitrogen and oxygen atoms in total. The summed E-state index contributed by atoms with van der Waals surface area (Å²) in [5.41, 5.74) is -1.86. The molecule has 2 aromatic rings. The summed E-state index contributed by atoms with van der Waals surface area (Å²) >= 11 is 0. The van der Waals surface area contributed by atoms with E-state index in [0.717, 1.165) is 6.42 Å². The second-order valence-corrected chi connectivity index (χ2v) is 6.70. The van der Waals surface area contributed by atoms with Crippen molar-refractivity contribution in [3.05, 3.63) is 56.2 Å². The highest BCUT2D eigenvalue weighted by atomic mass is 16.2. The lowest BCUT2D eigenvalue weighted by molar-refractivity contribution is -0.122. The number of hydrogen-bond donors (Lipinski definition) is 3. The predicted octanol–water partition coefficient (Wildman–Crippen LogP) is 0.692. The van der Waals surface area contributed by atoms with E-state index >= 15 is 0 Å². The van der Waals surface area contributed by atoms with Crippen molar-refractivity contribution in [1.29, 1.82) is 0 Å². The van der Waals surface area contributed by atoms with Crippen LogP contribution in [0.3, 0.4) is 0 Å². The minimum atomic E-state index is -1.67. The van der Waals surface area contributed by atoms with Crippen molar-refractivity contribution < 1.29 is 9.59 Å². The molecule has 3 N–H and O–H groups in total. The van der Waals surface area contributed by atoms with Crippen LogP contribution in [0, 0.1) is 0 Å². The molecule has 3 amide bonds. The van der Waals surface area contributed by atoms with Crippen molar-refractivity contribution in [3.63, 3.8) is 0 Å². The molecule has 1 atom stereocenters. The van der Waals surface area contributed by atoms with Gasteiger partial charge in [-0.2, -0.15) is 0 Å². The van der Waals surface area contributed by atoms with Gasteiger partial charge in [0.1, 0.15) is 5.82 Å². The van der Waals surface area contributed by atoms with Crippen molar-refractivity contribution in [3.8, 4) is 0 Å². The van der Waals surface area contributed by atoms with Gasteiger partial charge < -0.3 is 10.2 Å². The Bertz CT molecular complexity index is 1090. The Morgan fingerprint density at radius 3 is 2.59 bits per heavy atom. The number of urea groups is 1. The smallest absolute Gasteiger partial charge is 0.315 e.